The van der Waals surface area contributed by atoms with Crippen molar-refractivity contribution in [2.24, 2.45) is 0 Å². The van der Waals surface area contributed by atoms with Crippen LogP contribution in [-0.2, 0) is 9.84 Å². The Balaban J connectivity index is 2.06. The molecule has 0 unspecified atom stereocenters. The summed E-state index contributed by atoms with van der Waals surface area (Å²) < 4.78 is 25.6. The number of aromatic amines is 1. The Morgan fingerprint density at radius 1 is 1.32 bits per heavy atom. The number of nitrogens with one attached hydrogen (secondary N) is 1. The molecule has 1 aliphatic rings. The highest BCUT2D eigenvalue weighted by atomic mass is 35.5. The summed E-state index contributed by atoms with van der Waals surface area (Å²) in [7, 11) is -2.86. The molecule has 1 aromatic heterocycles. The van der Waals surface area contributed by atoms with Crippen LogP contribution in [0.1, 0.15) is 18.9 Å². The summed E-state index contributed by atoms with van der Waals surface area (Å²) in [5.74, 6) is 0.472. The molecule has 7 heteroatoms. The maximum absolute atomic E-state index is 11.5. The van der Waals surface area contributed by atoms with E-state index in [1.54, 1.807) is 0 Å². The van der Waals surface area contributed by atoms with Crippen molar-refractivity contribution in [1.29, 1.82) is 0 Å². The lowest BCUT2D eigenvalue weighted by Crippen LogP contribution is -2.25. The number of aromatic nitrogens is 2. The second kappa shape index (κ2) is 4.61. The number of imidazole rings is 1. The smallest absolute Gasteiger partial charge is 0.178 e. The van der Waals surface area contributed by atoms with E-state index >= 15 is 0 Å². The minimum absolute atomic E-state index is 0.144. The zero-order valence-electron chi connectivity index (χ0n) is 10.1. The molecule has 1 fully saturated rings. The number of rotatable bonds is 1. The minimum atomic E-state index is -2.86. The minimum Gasteiger partial charge on any atom is -0.331 e. The highest BCUT2D eigenvalue weighted by molar-refractivity contribution is 7.91. The van der Waals surface area contributed by atoms with Crippen LogP contribution in [0.3, 0.4) is 0 Å². The van der Waals surface area contributed by atoms with E-state index < -0.39 is 9.84 Å². The first-order valence-electron chi connectivity index (χ1n) is 6.06. The van der Waals surface area contributed by atoms with E-state index in [2.05, 4.69) is 4.98 Å². The van der Waals surface area contributed by atoms with Crippen LogP contribution in [0, 0.1) is 4.77 Å². The Kier molecular flexibility index (Phi) is 3.19. The fourth-order valence-corrected chi connectivity index (χ4v) is 4.60. The monoisotopic (exact) mass is 316 g/mol. The van der Waals surface area contributed by atoms with Gasteiger partial charge in [0.05, 0.1) is 22.5 Å². The molecule has 4 nitrogen and oxygen atoms in total. The van der Waals surface area contributed by atoms with Gasteiger partial charge in [0.25, 0.3) is 0 Å². The molecule has 0 bridgehead atoms. The second-order valence-corrected chi connectivity index (χ2v) is 7.97. The molecule has 0 radical (unpaired) electrons. The van der Waals surface area contributed by atoms with Gasteiger partial charge in [0.15, 0.2) is 4.77 Å². The average molecular weight is 317 g/mol. The van der Waals surface area contributed by atoms with Gasteiger partial charge in [-0.1, -0.05) is 11.6 Å². The van der Waals surface area contributed by atoms with Crippen LogP contribution in [0.5, 0.6) is 0 Å². The highest BCUT2D eigenvalue weighted by Gasteiger charge is 2.26. The summed E-state index contributed by atoms with van der Waals surface area (Å²) in [6.45, 7) is 0. The van der Waals surface area contributed by atoms with E-state index in [9.17, 15) is 8.42 Å². The van der Waals surface area contributed by atoms with Gasteiger partial charge >= 0.3 is 0 Å². The van der Waals surface area contributed by atoms with Crippen molar-refractivity contribution in [2.45, 2.75) is 18.9 Å². The fourth-order valence-electron chi connectivity index (χ4n) is 2.60. The van der Waals surface area contributed by atoms with Crippen molar-refractivity contribution in [2.75, 3.05) is 11.5 Å². The number of fused-ring (bicyclic) bond motifs is 1. The molecule has 0 atom stereocenters. The SMILES string of the molecule is O=S1(=O)CCC(n2c(=S)[nH]c3cc(Cl)ccc32)CC1. The zero-order valence-corrected chi connectivity index (χ0v) is 12.5. The van der Waals surface area contributed by atoms with Crippen LogP contribution in [0.25, 0.3) is 11.0 Å². The molecule has 2 aromatic rings. The molecule has 3 rings (SSSR count). The molecular formula is C12H13ClN2O2S2. The molecule has 1 saturated heterocycles. The number of H-pyrrole nitrogens is 1. The standard InChI is InChI=1S/C12H13ClN2O2S2/c13-8-1-2-11-10(7-8)14-12(18)15(11)9-3-5-19(16,17)6-4-9/h1-2,7,9H,3-6H2,(H,14,18). The third-order valence-electron chi connectivity index (χ3n) is 3.57. The van der Waals surface area contributed by atoms with Gasteiger partial charge in [0.2, 0.25) is 0 Å². The number of benzene rings is 1. The van der Waals surface area contributed by atoms with E-state index in [1.807, 2.05) is 22.8 Å². The lowest BCUT2D eigenvalue weighted by atomic mass is 10.1. The molecule has 0 amide bonds. The number of halogens is 1. The van der Waals surface area contributed by atoms with Crippen LogP contribution in [0.15, 0.2) is 18.2 Å². The Labute approximate surface area is 121 Å². The van der Waals surface area contributed by atoms with Gasteiger partial charge in [-0.15, -0.1) is 0 Å². The average Bonchev–Trinajstić information content (AvgIpc) is 2.65. The topological polar surface area (TPSA) is 54.9 Å². The third kappa shape index (κ3) is 2.44. The summed E-state index contributed by atoms with van der Waals surface area (Å²) in [6, 6.07) is 5.73. The van der Waals surface area contributed by atoms with Crippen molar-refractivity contribution in [3.63, 3.8) is 0 Å². The number of nitrogens with zero attached hydrogens (tertiary/aromatic N) is 1. The molecule has 0 spiro atoms. The summed E-state index contributed by atoms with van der Waals surface area (Å²) in [5, 5.41) is 0.655. The normalized spacial score (nSPS) is 19.8. The fraction of sp³-hybridized carbons (Fsp3) is 0.417. The Bertz CT molecular complexity index is 778. The zero-order chi connectivity index (χ0) is 13.6. The largest absolute Gasteiger partial charge is 0.331 e. The first kappa shape index (κ1) is 13.1. The first-order valence-corrected chi connectivity index (χ1v) is 8.67. The van der Waals surface area contributed by atoms with Crippen LogP contribution in [0.2, 0.25) is 5.02 Å². The molecule has 1 aliphatic heterocycles. The van der Waals surface area contributed by atoms with Crippen molar-refractivity contribution in [3.8, 4) is 0 Å². The molecule has 0 aliphatic carbocycles. The highest BCUT2D eigenvalue weighted by Crippen LogP contribution is 2.29. The second-order valence-electron chi connectivity index (χ2n) is 4.84. The predicted octanol–water partition coefficient (Wildman–Crippen LogP) is 3.10. The van der Waals surface area contributed by atoms with Gasteiger partial charge in [-0.3, -0.25) is 0 Å². The third-order valence-corrected chi connectivity index (χ3v) is 5.82. The van der Waals surface area contributed by atoms with Crippen LogP contribution < -0.4 is 0 Å². The van der Waals surface area contributed by atoms with Crippen LogP contribution in [0.4, 0.5) is 0 Å². The molecular weight excluding hydrogens is 304 g/mol. The number of hydrogen-bond donors (Lipinski definition) is 1. The first-order chi connectivity index (χ1) is 8.96. The molecule has 19 heavy (non-hydrogen) atoms. The molecule has 2 heterocycles. The molecule has 1 aromatic carbocycles. The van der Waals surface area contributed by atoms with E-state index in [0.717, 1.165) is 11.0 Å². The molecule has 0 saturated carbocycles. The quantitative estimate of drug-likeness (QED) is 0.822. The van der Waals surface area contributed by atoms with Gasteiger partial charge < -0.3 is 9.55 Å². The Morgan fingerprint density at radius 3 is 2.68 bits per heavy atom. The van der Waals surface area contributed by atoms with Gasteiger partial charge in [0.1, 0.15) is 9.84 Å². The predicted molar refractivity (Wildman–Crippen MR) is 79.1 cm³/mol. The van der Waals surface area contributed by atoms with E-state index in [1.165, 1.54) is 0 Å². The van der Waals surface area contributed by atoms with Gasteiger partial charge in [-0.25, -0.2) is 8.42 Å². The molecule has 1 N–H and O–H groups in total. The summed E-state index contributed by atoms with van der Waals surface area (Å²) in [4.78, 5) is 3.13. The van der Waals surface area contributed by atoms with Crippen molar-refractivity contribution < 1.29 is 8.42 Å². The van der Waals surface area contributed by atoms with Crippen LogP contribution >= 0.6 is 23.8 Å². The van der Waals surface area contributed by atoms with E-state index in [0.29, 0.717) is 22.6 Å². The van der Waals surface area contributed by atoms with Crippen molar-refractivity contribution in [1.82, 2.24) is 9.55 Å². The van der Waals surface area contributed by atoms with Crippen molar-refractivity contribution >= 4 is 44.7 Å². The van der Waals surface area contributed by atoms with Gasteiger partial charge in [-0.05, 0) is 43.3 Å². The van der Waals surface area contributed by atoms with Gasteiger partial charge in [0, 0.05) is 11.1 Å². The van der Waals surface area contributed by atoms with E-state index in [4.69, 9.17) is 23.8 Å². The Morgan fingerprint density at radius 2 is 2.00 bits per heavy atom. The van der Waals surface area contributed by atoms with Crippen LogP contribution in [-0.4, -0.2) is 29.5 Å². The van der Waals surface area contributed by atoms with Crippen molar-refractivity contribution in [3.05, 3.63) is 28.0 Å². The molecule has 102 valence electrons. The Hall–Kier alpha value is -0.850. The lowest BCUT2D eigenvalue weighted by Gasteiger charge is -2.23. The van der Waals surface area contributed by atoms with E-state index in [-0.39, 0.29) is 17.5 Å². The number of hydrogen-bond acceptors (Lipinski definition) is 3. The summed E-state index contributed by atoms with van der Waals surface area (Å²) in [6.07, 6.45) is 1.23. The lowest BCUT2D eigenvalue weighted by molar-refractivity contribution is 0.455. The number of sulfone groups is 1. The maximum atomic E-state index is 11.5. The summed E-state index contributed by atoms with van der Waals surface area (Å²) >= 11 is 11.3. The summed E-state index contributed by atoms with van der Waals surface area (Å²) in [5.41, 5.74) is 1.88. The maximum Gasteiger partial charge on any atom is 0.178 e. The van der Waals surface area contributed by atoms with Gasteiger partial charge in [-0.2, -0.15) is 0 Å².